The molecule has 0 aromatic heterocycles. The minimum absolute atomic E-state index is 1.01. The van der Waals surface area contributed by atoms with Crippen molar-refractivity contribution in [1.82, 2.24) is 5.32 Å². The van der Waals surface area contributed by atoms with Crippen LogP contribution >= 0.6 is 0 Å². The first-order valence-corrected chi connectivity index (χ1v) is 7.60. The summed E-state index contributed by atoms with van der Waals surface area (Å²) >= 11 is 0. The van der Waals surface area contributed by atoms with Gasteiger partial charge in [-0.3, -0.25) is 0 Å². The molecule has 0 radical (unpaired) electrons. The summed E-state index contributed by atoms with van der Waals surface area (Å²) in [7, 11) is 0. The third-order valence-electron chi connectivity index (χ3n) is 4.52. The summed E-state index contributed by atoms with van der Waals surface area (Å²) in [6, 6.07) is 15.6. The van der Waals surface area contributed by atoms with Gasteiger partial charge < -0.3 is 10.2 Å². The minimum Gasteiger partial charge on any atom is -0.341 e. The average molecular weight is 264 g/mol. The zero-order valence-corrected chi connectivity index (χ0v) is 11.7. The largest absolute Gasteiger partial charge is 0.341 e. The van der Waals surface area contributed by atoms with Crippen molar-refractivity contribution in [3.8, 4) is 0 Å². The summed E-state index contributed by atoms with van der Waals surface area (Å²) < 4.78 is 0. The highest BCUT2D eigenvalue weighted by Gasteiger charge is 2.22. The molecule has 2 heteroatoms. The molecule has 102 valence electrons. The van der Waals surface area contributed by atoms with Gasteiger partial charge in [-0.15, -0.1) is 0 Å². The van der Waals surface area contributed by atoms with E-state index in [1.54, 1.807) is 5.56 Å². The van der Waals surface area contributed by atoms with Crippen molar-refractivity contribution >= 4 is 11.4 Å². The summed E-state index contributed by atoms with van der Waals surface area (Å²) in [6.45, 7) is 3.25. The molecule has 0 amide bonds. The van der Waals surface area contributed by atoms with E-state index in [9.17, 15) is 0 Å². The molecule has 4 rings (SSSR count). The van der Waals surface area contributed by atoms with Crippen LogP contribution in [0.1, 0.15) is 23.1 Å². The van der Waals surface area contributed by atoms with Crippen LogP contribution in [-0.2, 0) is 19.4 Å². The Morgan fingerprint density at radius 3 is 2.70 bits per heavy atom. The van der Waals surface area contributed by atoms with Crippen LogP contribution in [0.5, 0.6) is 0 Å². The van der Waals surface area contributed by atoms with Crippen LogP contribution < -0.4 is 10.2 Å². The third-order valence-corrected chi connectivity index (χ3v) is 4.52. The monoisotopic (exact) mass is 264 g/mol. The van der Waals surface area contributed by atoms with Crippen molar-refractivity contribution < 1.29 is 0 Å². The predicted octanol–water partition coefficient (Wildman–Crippen LogP) is 3.42. The first kappa shape index (κ1) is 12.0. The molecule has 0 saturated carbocycles. The van der Waals surface area contributed by atoms with Gasteiger partial charge in [0, 0.05) is 24.5 Å². The van der Waals surface area contributed by atoms with Gasteiger partial charge in [-0.1, -0.05) is 30.3 Å². The van der Waals surface area contributed by atoms with Crippen molar-refractivity contribution in [3.05, 3.63) is 59.2 Å². The summed E-state index contributed by atoms with van der Waals surface area (Å²) in [5.41, 5.74) is 7.34. The van der Waals surface area contributed by atoms with Crippen molar-refractivity contribution in [3.63, 3.8) is 0 Å². The van der Waals surface area contributed by atoms with E-state index in [1.165, 1.54) is 35.3 Å². The third kappa shape index (κ3) is 1.92. The molecule has 2 aliphatic rings. The Kier molecular flexibility index (Phi) is 2.96. The van der Waals surface area contributed by atoms with E-state index in [-0.39, 0.29) is 0 Å². The van der Waals surface area contributed by atoms with Gasteiger partial charge in [0.15, 0.2) is 0 Å². The Hall–Kier alpha value is -1.80. The maximum absolute atomic E-state index is 3.47. The highest BCUT2D eigenvalue weighted by atomic mass is 15.1. The summed E-state index contributed by atoms with van der Waals surface area (Å²) in [5.74, 6) is 0. The van der Waals surface area contributed by atoms with Crippen molar-refractivity contribution in [2.45, 2.75) is 25.8 Å². The summed E-state index contributed by atoms with van der Waals surface area (Å²) in [5, 5.41) is 3.47. The fraction of sp³-hybridized carbons (Fsp3) is 0.333. The molecule has 2 aromatic carbocycles. The minimum atomic E-state index is 1.01. The van der Waals surface area contributed by atoms with E-state index >= 15 is 0 Å². The van der Waals surface area contributed by atoms with Gasteiger partial charge in [0.05, 0.1) is 0 Å². The van der Waals surface area contributed by atoms with E-state index in [0.717, 1.165) is 26.1 Å². The summed E-state index contributed by atoms with van der Waals surface area (Å²) in [6.07, 6.45) is 3.60. The number of rotatable bonds is 1. The van der Waals surface area contributed by atoms with Crippen LogP contribution in [0.3, 0.4) is 0 Å². The van der Waals surface area contributed by atoms with Crippen molar-refractivity contribution in [2.24, 2.45) is 0 Å². The molecule has 2 aliphatic heterocycles. The molecular weight excluding hydrogens is 244 g/mol. The zero-order valence-electron chi connectivity index (χ0n) is 11.7. The number of para-hydroxylation sites is 1. The molecule has 0 saturated heterocycles. The van der Waals surface area contributed by atoms with Crippen molar-refractivity contribution in [2.75, 3.05) is 18.0 Å². The molecule has 0 fully saturated rings. The van der Waals surface area contributed by atoms with Crippen LogP contribution in [0.4, 0.5) is 11.4 Å². The fourth-order valence-electron chi connectivity index (χ4n) is 3.55. The normalized spacial score (nSPS) is 17.5. The molecule has 0 atom stereocenters. The second-order valence-corrected chi connectivity index (χ2v) is 5.73. The molecule has 2 nitrogen and oxygen atoms in total. The van der Waals surface area contributed by atoms with Gasteiger partial charge in [-0.05, 0) is 54.6 Å². The van der Waals surface area contributed by atoms with E-state index in [2.05, 4.69) is 52.7 Å². The topological polar surface area (TPSA) is 15.3 Å². The van der Waals surface area contributed by atoms with Crippen molar-refractivity contribution in [1.29, 1.82) is 0 Å². The van der Waals surface area contributed by atoms with Crippen LogP contribution in [0, 0.1) is 0 Å². The number of fused-ring (bicyclic) bond motifs is 2. The Bertz CT molecular complexity index is 633. The molecule has 20 heavy (non-hydrogen) atoms. The van der Waals surface area contributed by atoms with Crippen LogP contribution in [0.15, 0.2) is 42.5 Å². The van der Waals surface area contributed by atoms with E-state index < -0.39 is 0 Å². The molecule has 2 heterocycles. The van der Waals surface area contributed by atoms with Gasteiger partial charge in [0.1, 0.15) is 0 Å². The van der Waals surface area contributed by atoms with Gasteiger partial charge in [-0.2, -0.15) is 0 Å². The number of anilines is 2. The maximum Gasteiger partial charge on any atom is 0.0447 e. The second-order valence-electron chi connectivity index (χ2n) is 5.73. The molecule has 0 unspecified atom stereocenters. The van der Waals surface area contributed by atoms with Crippen LogP contribution in [0.2, 0.25) is 0 Å². The van der Waals surface area contributed by atoms with Crippen LogP contribution in [0.25, 0.3) is 0 Å². The highest BCUT2D eigenvalue weighted by Crippen LogP contribution is 2.36. The predicted molar refractivity (Wildman–Crippen MR) is 83.6 cm³/mol. The van der Waals surface area contributed by atoms with E-state index in [4.69, 9.17) is 0 Å². The molecule has 0 bridgehead atoms. The SMILES string of the molecule is c1ccc2c(c1)CCCN2c1cccc2c1CCNC2. The Labute approximate surface area is 120 Å². The standard InChI is InChI=1S/C18H20N2/c1-2-8-17-14(5-1)7-4-12-20(17)18-9-3-6-15-13-19-11-10-16(15)18/h1-3,5-6,8-9,19H,4,7,10-13H2. The Morgan fingerprint density at radius 2 is 1.70 bits per heavy atom. The number of hydrogen-bond acceptors (Lipinski definition) is 2. The fourth-order valence-corrected chi connectivity index (χ4v) is 3.55. The first-order chi connectivity index (χ1) is 9.93. The zero-order chi connectivity index (χ0) is 13.4. The molecular formula is C18H20N2. The number of nitrogens with one attached hydrogen (secondary N) is 1. The first-order valence-electron chi connectivity index (χ1n) is 7.60. The van der Waals surface area contributed by atoms with Gasteiger partial charge in [0.25, 0.3) is 0 Å². The average Bonchev–Trinajstić information content (AvgIpc) is 2.54. The van der Waals surface area contributed by atoms with Gasteiger partial charge in [0.2, 0.25) is 0 Å². The van der Waals surface area contributed by atoms with Gasteiger partial charge >= 0.3 is 0 Å². The number of benzene rings is 2. The maximum atomic E-state index is 3.47. The lowest BCUT2D eigenvalue weighted by atomic mass is 9.95. The van der Waals surface area contributed by atoms with E-state index in [0.29, 0.717) is 0 Å². The smallest absolute Gasteiger partial charge is 0.0447 e. The van der Waals surface area contributed by atoms with Crippen LogP contribution in [-0.4, -0.2) is 13.1 Å². The Balaban J connectivity index is 1.83. The lowest BCUT2D eigenvalue weighted by molar-refractivity contribution is 0.641. The highest BCUT2D eigenvalue weighted by molar-refractivity contribution is 5.71. The number of nitrogens with zero attached hydrogens (tertiary/aromatic N) is 1. The summed E-state index contributed by atoms with van der Waals surface area (Å²) in [4.78, 5) is 2.53. The lowest BCUT2D eigenvalue weighted by Crippen LogP contribution is -2.29. The lowest BCUT2D eigenvalue weighted by Gasteiger charge is -2.34. The van der Waals surface area contributed by atoms with Gasteiger partial charge in [-0.25, -0.2) is 0 Å². The van der Waals surface area contributed by atoms with E-state index in [1.807, 2.05) is 0 Å². The Morgan fingerprint density at radius 1 is 0.850 bits per heavy atom. The number of hydrogen-bond donors (Lipinski definition) is 1. The molecule has 0 spiro atoms. The second kappa shape index (κ2) is 4.95. The molecule has 0 aliphatic carbocycles. The molecule has 2 aromatic rings. The quantitative estimate of drug-likeness (QED) is 0.849. The number of aryl methyl sites for hydroxylation is 1. The molecule has 1 N–H and O–H groups in total.